The van der Waals surface area contributed by atoms with E-state index in [0.717, 1.165) is 11.8 Å². The molecule has 60 valence electrons. The minimum absolute atomic E-state index is 0.867. The molecular formula is C12H12. The van der Waals surface area contributed by atoms with Crippen LogP contribution in [0, 0.1) is 12.8 Å². The van der Waals surface area contributed by atoms with Crippen molar-refractivity contribution in [2.45, 2.75) is 19.3 Å². The Bertz CT molecular complexity index is 360. The van der Waals surface area contributed by atoms with Gasteiger partial charge in [0, 0.05) is 0 Å². The largest absolute Gasteiger partial charge is 0.0802 e. The second-order valence-corrected chi connectivity index (χ2v) is 3.94. The number of aryl methyl sites for hydroxylation is 1. The van der Waals surface area contributed by atoms with Crippen LogP contribution in [0.5, 0.6) is 0 Å². The average molecular weight is 156 g/mol. The van der Waals surface area contributed by atoms with E-state index < -0.39 is 0 Å². The number of hydrogen-bond donors (Lipinski definition) is 0. The highest BCUT2D eigenvalue weighted by molar-refractivity contribution is 5.62. The van der Waals surface area contributed by atoms with Crippen LogP contribution >= 0.6 is 0 Å². The fourth-order valence-electron chi connectivity index (χ4n) is 2.34. The molecule has 3 rings (SSSR count). The lowest BCUT2D eigenvalue weighted by atomic mass is 9.93. The third-order valence-corrected chi connectivity index (χ3v) is 3.09. The zero-order valence-corrected chi connectivity index (χ0v) is 7.25. The van der Waals surface area contributed by atoms with Crippen LogP contribution < -0.4 is 0 Å². The van der Waals surface area contributed by atoms with Crippen LogP contribution in [0.4, 0.5) is 0 Å². The van der Waals surface area contributed by atoms with Crippen LogP contribution in [0.25, 0.3) is 6.08 Å². The summed E-state index contributed by atoms with van der Waals surface area (Å²) in [6.45, 7) is 2.23. The highest BCUT2D eigenvalue weighted by Crippen LogP contribution is 2.53. The quantitative estimate of drug-likeness (QED) is 0.541. The molecular weight excluding hydrogens is 144 g/mol. The second-order valence-electron chi connectivity index (χ2n) is 3.94. The first-order valence-electron chi connectivity index (χ1n) is 4.64. The van der Waals surface area contributed by atoms with Crippen molar-refractivity contribution in [3.63, 3.8) is 0 Å². The summed E-state index contributed by atoms with van der Waals surface area (Å²) in [5.41, 5.74) is 4.54. The molecule has 0 bridgehead atoms. The van der Waals surface area contributed by atoms with Gasteiger partial charge in [0.15, 0.2) is 0 Å². The van der Waals surface area contributed by atoms with Gasteiger partial charge < -0.3 is 0 Å². The monoisotopic (exact) mass is 156 g/mol. The summed E-state index contributed by atoms with van der Waals surface area (Å²) in [7, 11) is 0. The number of hydrogen-bond acceptors (Lipinski definition) is 0. The van der Waals surface area contributed by atoms with E-state index in [1.807, 2.05) is 0 Å². The molecule has 1 aromatic rings. The molecule has 0 nitrogen and oxygen atoms in total. The normalized spacial score (nSPS) is 29.4. The molecule has 0 heteroatoms. The van der Waals surface area contributed by atoms with E-state index >= 15 is 0 Å². The van der Waals surface area contributed by atoms with Crippen molar-refractivity contribution < 1.29 is 0 Å². The highest BCUT2D eigenvalue weighted by Gasteiger charge is 2.40. The summed E-state index contributed by atoms with van der Waals surface area (Å²) in [6, 6.07) is 6.61. The van der Waals surface area contributed by atoms with E-state index in [9.17, 15) is 0 Å². The van der Waals surface area contributed by atoms with Gasteiger partial charge in [0.25, 0.3) is 0 Å². The first-order chi connectivity index (χ1) is 5.86. The van der Waals surface area contributed by atoms with Crippen LogP contribution in [0.3, 0.4) is 0 Å². The SMILES string of the molecule is Cc1cccc2c1C1CC1C=C2. The molecule has 0 aliphatic heterocycles. The predicted molar refractivity (Wildman–Crippen MR) is 51.1 cm³/mol. The van der Waals surface area contributed by atoms with Gasteiger partial charge in [-0.15, -0.1) is 0 Å². The Morgan fingerprint density at radius 2 is 2.25 bits per heavy atom. The van der Waals surface area contributed by atoms with E-state index in [1.54, 1.807) is 5.56 Å². The maximum absolute atomic E-state index is 2.37. The molecule has 2 aliphatic carbocycles. The van der Waals surface area contributed by atoms with Gasteiger partial charge in [-0.1, -0.05) is 30.4 Å². The van der Waals surface area contributed by atoms with Crippen molar-refractivity contribution in [3.8, 4) is 0 Å². The molecule has 1 saturated carbocycles. The summed E-state index contributed by atoms with van der Waals surface area (Å²) in [5.74, 6) is 1.74. The Morgan fingerprint density at radius 3 is 3.17 bits per heavy atom. The minimum Gasteiger partial charge on any atom is -0.0802 e. The predicted octanol–water partition coefficient (Wildman–Crippen LogP) is 3.13. The number of allylic oxidation sites excluding steroid dienone is 1. The van der Waals surface area contributed by atoms with Crippen LogP contribution in [0.2, 0.25) is 0 Å². The third kappa shape index (κ3) is 0.726. The Balaban J connectivity index is 2.27. The summed E-state index contributed by atoms with van der Waals surface area (Å²) in [6.07, 6.45) is 6.04. The van der Waals surface area contributed by atoms with Crippen molar-refractivity contribution in [2.24, 2.45) is 5.92 Å². The molecule has 0 radical (unpaired) electrons. The van der Waals surface area contributed by atoms with Gasteiger partial charge in [0.05, 0.1) is 0 Å². The van der Waals surface area contributed by atoms with Crippen molar-refractivity contribution in [1.29, 1.82) is 0 Å². The second kappa shape index (κ2) is 2.01. The molecule has 0 heterocycles. The fourth-order valence-corrected chi connectivity index (χ4v) is 2.34. The summed E-state index contributed by atoms with van der Waals surface area (Å²) in [5, 5.41) is 0. The Hall–Kier alpha value is -1.04. The van der Waals surface area contributed by atoms with Crippen LogP contribution in [0.1, 0.15) is 29.0 Å². The van der Waals surface area contributed by atoms with Gasteiger partial charge in [0.1, 0.15) is 0 Å². The van der Waals surface area contributed by atoms with Gasteiger partial charge in [-0.2, -0.15) is 0 Å². The molecule has 2 aliphatic rings. The molecule has 1 fully saturated rings. The molecule has 1 aromatic carbocycles. The molecule has 0 aromatic heterocycles. The smallest absolute Gasteiger partial charge is 0.00843 e. The highest BCUT2D eigenvalue weighted by atomic mass is 14.4. The van der Waals surface area contributed by atoms with Crippen molar-refractivity contribution >= 4 is 6.08 Å². The lowest BCUT2D eigenvalue weighted by Crippen LogP contribution is -1.95. The summed E-state index contributed by atoms with van der Waals surface area (Å²) < 4.78 is 0. The van der Waals surface area contributed by atoms with Gasteiger partial charge in [-0.05, 0) is 41.9 Å². The first kappa shape index (κ1) is 6.47. The summed E-state index contributed by atoms with van der Waals surface area (Å²) in [4.78, 5) is 0. The van der Waals surface area contributed by atoms with E-state index in [2.05, 4.69) is 37.3 Å². The molecule has 0 N–H and O–H groups in total. The first-order valence-corrected chi connectivity index (χ1v) is 4.64. The van der Waals surface area contributed by atoms with E-state index in [4.69, 9.17) is 0 Å². The summed E-state index contributed by atoms with van der Waals surface area (Å²) >= 11 is 0. The maximum atomic E-state index is 2.37. The molecule has 2 atom stereocenters. The van der Waals surface area contributed by atoms with E-state index in [0.29, 0.717) is 0 Å². The molecule has 0 amide bonds. The molecule has 0 saturated heterocycles. The average Bonchev–Trinajstić information content (AvgIpc) is 2.82. The zero-order valence-electron chi connectivity index (χ0n) is 7.25. The van der Waals surface area contributed by atoms with E-state index in [-0.39, 0.29) is 0 Å². The Morgan fingerprint density at radius 1 is 1.33 bits per heavy atom. The third-order valence-electron chi connectivity index (χ3n) is 3.09. The lowest BCUT2D eigenvalue weighted by molar-refractivity contribution is 0.982. The van der Waals surface area contributed by atoms with Gasteiger partial charge in [-0.25, -0.2) is 0 Å². The van der Waals surface area contributed by atoms with Gasteiger partial charge in [-0.3, -0.25) is 0 Å². The number of rotatable bonds is 0. The van der Waals surface area contributed by atoms with Crippen LogP contribution in [-0.2, 0) is 0 Å². The fraction of sp³-hybridized carbons (Fsp3) is 0.333. The van der Waals surface area contributed by atoms with Crippen molar-refractivity contribution in [2.75, 3.05) is 0 Å². The Kier molecular flexibility index (Phi) is 1.08. The maximum Gasteiger partial charge on any atom is -0.00843 e. The lowest BCUT2D eigenvalue weighted by Gasteiger charge is -2.12. The zero-order chi connectivity index (χ0) is 8.13. The molecule has 0 spiro atoms. The van der Waals surface area contributed by atoms with Crippen molar-refractivity contribution in [1.82, 2.24) is 0 Å². The number of benzene rings is 1. The van der Waals surface area contributed by atoms with Crippen LogP contribution in [0.15, 0.2) is 24.3 Å². The van der Waals surface area contributed by atoms with Crippen LogP contribution in [-0.4, -0.2) is 0 Å². The van der Waals surface area contributed by atoms with Gasteiger partial charge in [0.2, 0.25) is 0 Å². The Labute approximate surface area is 72.9 Å². The molecule has 2 unspecified atom stereocenters. The number of fused-ring (bicyclic) bond motifs is 3. The van der Waals surface area contributed by atoms with Gasteiger partial charge >= 0.3 is 0 Å². The minimum atomic E-state index is 0.867. The standard InChI is InChI=1S/C12H12/c1-8-3-2-4-9-5-6-10-7-11(10)12(8)9/h2-6,10-11H,7H2,1H3. The van der Waals surface area contributed by atoms with E-state index in [1.165, 1.54) is 17.5 Å². The topological polar surface area (TPSA) is 0 Å². The van der Waals surface area contributed by atoms with Crippen molar-refractivity contribution in [3.05, 3.63) is 41.0 Å². The molecule has 12 heavy (non-hydrogen) atoms.